The van der Waals surface area contributed by atoms with Crippen molar-refractivity contribution in [2.75, 3.05) is 25.0 Å². The Labute approximate surface area is 92.1 Å². The van der Waals surface area contributed by atoms with Crippen molar-refractivity contribution in [3.05, 3.63) is 29.3 Å². The lowest BCUT2D eigenvalue weighted by Crippen LogP contribution is -2.14. The molecule has 0 saturated carbocycles. The van der Waals surface area contributed by atoms with Crippen LogP contribution in [0.3, 0.4) is 0 Å². The lowest BCUT2D eigenvalue weighted by molar-refractivity contribution is 0.673. The predicted octanol–water partition coefficient (Wildman–Crippen LogP) is 2.20. The van der Waals surface area contributed by atoms with Gasteiger partial charge in [0.1, 0.15) is 0 Å². The quantitative estimate of drug-likeness (QED) is 0.718. The van der Waals surface area contributed by atoms with Gasteiger partial charge in [0.15, 0.2) is 0 Å². The summed E-state index contributed by atoms with van der Waals surface area (Å²) in [6, 6.07) is 6.68. The van der Waals surface area contributed by atoms with E-state index in [1.807, 2.05) is 0 Å². The molecule has 1 aromatic rings. The van der Waals surface area contributed by atoms with Gasteiger partial charge in [0.05, 0.1) is 0 Å². The van der Waals surface area contributed by atoms with Gasteiger partial charge in [-0.25, -0.2) is 0 Å². The minimum Gasteiger partial charge on any atom is -0.384 e. The number of anilines is 1. The van der Waals surface area contributed by atoms with Crippen LogP contribution in [0, 0.1) is 0 Å². The Morgan fingerprint density at radius 2 is 2.33 bits per heavy atom. The third-order valence-electron chi connectivity index (χ3n) is 2.98. The first-order chi connectivity index (χ1) is 7.42. The van der Waals surface area contributed by atoms with Gasteiger partial charge in [0.2, 0.25) is 0 Å². The second-order valence-electron chi connectivity index (χ2n) is 4.09. The highest BCUT2D eigenvalue weighted by Gasteiger charge is 2.12. The lowest BCUT2D eigenvalue weighted by atomic mass is 10.0. The number of fused-ring (bicyclic) bond motifs is 1. The smallest absolute Gasteiger partial charge is 0.0406 e. The molecule has 2 heteroatoms. The lowest BCUT2D eigenvalue weighted by Gasteiger charge is -2.08. The fraction of sp³-hybridized carbons (Fsp3) is 0.538. The third kappa shape index (κ3) is 2.51. The van der Waals surface area contributed by atoms with Gasteiger partial charge in [-0.05, 0) is 43.5 Å². The molecule has 1 aliphatic heterocycles. The molecule has 0 spiro atoms. The van der Waals surface area contributed by atoms with Crippen LogP contribution in [0.4, 0.5) is 5.69 Å². The first kappa shape index (κ1) is 10.5. The van der Waals surface area contributed by atoms with E-state index in [9.17, 15) is 0 Å². The zero-order valence-electron chi connectivity index (χ0n) is 9.47. The highest BCUT2D eigenvalue weighted by molar-refractivity contribution is 5.61. The summed E-state index contributed by atoms with van der Waals surface area (Å²) in [7, 11) is 0. The number of para-hydroxylation sites is 1. The van der Waals surface area contributed by atoms with Crippen LogP contribution in [0.5, 0.6) is 0 Å². The molecular formula is C13H20N2. The summed E-state index contributed by atoms with van der Waals surface area (Å²) in [4.78, 5) is 0. The van der Waals surface area contributed by atoms with Gasteiger partial charge in [0.25, 0.3) is 0 Å². The molecule has 1 heterocycles. The monoisotopic (exact) mass is 204 g/mol. The minimum absolute atomic E-state index is 1.07. The molecule has 2 rings (SSSR count). The van der Waals surface area contributed by atoms with E-state index in [4.69, 9.17) is 0 Å². The maximum absolute atomic E-state index is 3.49. The molecule has 0 unspecified atom stereocenters. The van der Waals surface area contributed by atoms with Gasteiger partial charge in [-0.15, -0.1) is 0 Å². The Morgan fingerprint density at radius 1 is 1.40 bits per heavy atom. The topological polar surface area (TPSA) is 24.1 Å². The zero-order valence-corrected chi connectivity index (χ0v) is 9.47. The summed E-state index contributed by atoms with van der Waals surface area (Å²) < 4.78 is 0. The van der Waals surface area contributed by atoms with Crippen molar-refractivity contribution >= 4 is 5.69 Å². The van der Waals surface area contributed by atoms with E-state index in [-0.39, 0.29) is 0 Å². The Morgan fingerprint density at radius 3 is 3.20 bits per heavy atom. The van der Waals surface area contributed by atoms with Crippen LogP contribution < -0.4 is 10.6 Å². The third-order valence-corrected chi connectivity index (χ3v) is 2.98. The van der Waals surface area contributed by atoms with E-state index in [0.717, 1.165) is 19.6 Å². The van der Waals surface area contributed by atoms with E-state index >= 15 is 0 Å². The second-order valence-corrected chi connectivity index (χ2v) is 4.09. The normalized spacial score (nSPS) is 13.7. The predicted molar refractivity (Wildman–Crippen MR) is 65.5 cm³/mol. The van der Waals surface area contributed by atoms with Crippen LogP contribution in [0.15, 0.2) is 18.2 Å². The molecule has 0 radical (unpaired) electrons. The summed E-state index contributed by atoms with van der Waals surface area (Å²) in [6.07, 6.45) is 3.60. The highest BCUT2D eigenvalue weighted by atomic mass is 14.9. The number of aryl methyl sites for hydroxylation is 1. The molecule has 15 heavy (non-hydrogen) atoms. The van der Waals surface area contributed by atoms with Crippen molar-refractivity contribution in [1.82, 2.24) is 5.32 Å². The average molecular weight is 204 g/mol. The molecule has 0 aromatic heterocycles. The van der Waals surface area contributed by atoms with Crippen LogP contribution in [0.2, 0.25) is 0 Å². The minimum atomic E-state index is 1.07. The Balaban J connectivity index is 1.94. The second kappa shape index (κ2) is 5.17. The van der Waals surface area contributed by atoms with Gasteiger partial charge in [-0.3, -0.25) is 0 Å². The molecule has 0 amide bonds. The fourth-order valence-electron chi connectivity index (χ4n) is 2.20. The molecule has 1 aromatic carbocycles. The van der Waals surface area contributed by atoms with E-state index in [0.29, 0.717) is 0 Å². The molecule has 0 bridgehead atoms. The maximum Gasteiger partial charge on any atom is 0.0406 e. The fourth-order valence-corrected chi connectivity index (χ4v) is 2.20. The van der Waals surface area contributed by atoms with Gasteiger partial charge in [-0.2, -0.15) is 0 Å². The molecule has 2 nitrogen and oxygen atoms in total. The summed E-state index contributed by atoms with van der Waals surface area (Å²) in [6.45, 7) is 5.46. The molecule has 0 saturated heterocycles. The van der Waals surface area contributed by atoms with Gasteiger partial charge in [-0.1, -0.05) is 25.1 Å². The summed E-state index contributed by atoms with van der Waals surface area (Å²) in [5.41, 5.74) is 4.40. The van der Waals surface area contributed by atoms with Crippen molar-refractivity contribution in [2.24, 2.45) is 0 Å². The molecule has 0 aliphatic carbocycles. The van der Waals surface area contributed by atoms with Crippen LogP contribution >= 0.6 is 0 Å². The summed E-state index contributed by atoms with van der Waals surface area (Å²) >= 11 is 0. The number of hydrogen-bond acceptors (Lipinski definition) is 2. The number of benzene rings is 1. The largest absolute Gasteiger partial charge is 0.384 e. The standard InChI is InChI=1S/C13H20N2/c1-2-14-9-4-7-11-5-3-6-12-8-10-15-13(11)12/h3,5-6,14-15H,2,4,7-10H2,1H3. The van der Waals surface area contributed by atoms with Crippen molar-refractivity contribution < 1.29 is 0 Å². The van der Waals surface area contributed by atoms with Crippen molar-refractivity contribution in [3.8, 4) is 0 Å². The van der Waals surface area contributed by atoms with Crippen LogP contribution in [-0.4, -0.2) is 19.6 Å². The van der Waals surface area contributed by atoms with Crippen LogP contribution in [-0.2, 0) is 12.8 Å². The number of nitrogens with one attached hydrogen (secondary N) is 2. The van der Waals surface area contributed by atoms with Gasteiger partial charge >= 0.3 is 0 Å². The van der Waals surface area contributed by atoms with Crippen molar-refractivity contribution in [3.63, 3.8) is 0 Å². The van der Waals surface area contributed by atoms with E-state index in [1.54, 1.807) is 0 Å². The molecule has 1 aliphatic rings. The molecule has 82 valence electrons. The summed E-state index contributed by atoms with van der Waals surface area (Å²) in [5, 5.41) is 6.86. The van der Waals surface area contributed by atoms with Gasteiger partial charge < -0.3 is 10.6 Å². The van der Waals surface area contributed by atoms with Gasteiger partial charge in [0, 0.05) is 12.2 Å². The molecular weight excluding hydrogens is 184 g/mol. The van der Waals surface area contributed by atoms with Crippen molar-refractivity contribution in [2.45, 2.75) is 26.2 Å². The molecule has 2 N–H and O–H groups in total. The van der Waals surface area contributed by atoms with E-state index in [1.165, 1.54) is 36.1 Å². The SMILES string of the molecule is CCNCCCc1cccc2c1NCC2. The Bertz CT molecular complexity index is 320. The van der Waals surface area contributed by atoms with E-state index in [2.05, 4.69) is 35.8 Å². The maximum atomic E-state index is 3.49. The Kier molecular flexibility index (Phi) is 3.62. The number of rotatable bonds is 5. The highest BCUT2D eigenvalue weighted by Crippen LogP contribution is 2.26. The molecule has 0 fully saturated rings. The molecule has 0 atom stereocenters. The van der Waals surface area contributed by atoms with E-state index < -0.39 is 0 Å². The van der Waals surface area contributed by atoms with Crippen LogP contribution in [0.25, 0.3) is 0 Å². The average Bonchev–Trinajstić information content (AvgIpc) is 2.73. The first-order valence-corrected chi connectivity index (χ1v) is 5.97. The Hall–Kier alpha value is -1.02. The zero-order chi connectivity index (χ0) is 10.5. The number of hydrogen-bond donors (Lipinski definition) is 2. The van der Waals surface area contributed by atoms with Crippen LogP contribution in [0.1, 0.15) is 24.5 Å². The first-order valence-electron chi connectivity index (χ1n) is 5.97. The van der Waals surface area contributed by atoms with Crippen molar-refractivity contribution in [1.29, 1.82) is 0 Å². The summed E-state index contributed by atoms with van der Waals surface area (Å²) in [5.74, 6) is 0.